The fraction of sp³-hybridized carbons (Fsp3) is 0.0952. The van der Waals surface area contributed by atoms with E-state index in [4.69, 9.17) is 27.9 Å². The number of pyridine rings is 1. The largest absolute Gasteiger partial charge is 0.378 e. The molecule has 4 aromatic rings. The van der Waals surface area contributed by atoms with Gasteiger partial charge in [0.1, 0.15) is 0 Å². The van der Waals surface area contributed by atoms with E-state index in [1.807, 2.05) is 24.3 Å². The zero-order valence-corrected chi connectivity index (χ0v) is 18.0. The van der Waals surface area contributed by atoms with Crippen molar-refractivity contribution in [2.75, 3.05) is 7.11 Å². The van der Waals surface area contributed by atoms with Gasteiger partial charge < -0.3 is 14.7 Å². The minimum atomic E-state index is -0.343. The van der Waals surface area contributed by atoms with Crippen molar-refractivity contribution in [2.24, 2.45) is 0 Å². The second kappa shape index (κ2) is 8.65. The van der Waals surface area contributed by atoms with E-state index in [1.54, 1.807) is 18.2 Å². The molecule has 0 fully saturated rings. The number of fused-ring (bicyclic) bond motifs is 1. The molecule has 0 atom stereocenters. The van der Waals surface area contributed by atoms with Crippen LogP contribution >= 0.6 is 35.0 Å². The van der Waals surface area contributed by atoms with Crippen LogP contribution in [0.3, 0.4) is 0 Å². The van der Waals surface area contributed by atoms with Gasteiger partial charge in [0.2, 0.25) is 0 Å². The van der Waals surface area contributed by atoms with Crippen molar-refractivity contribution in [3.8, 4) is 11.1 Å². The third-order valence-electron chi connectivity index (χ3n) is 4.34. The Bertz CT molecular complexity index is 1370. The first-order valence-corrected chi connectivity index (χ1v) is 10.4. The summed E-state index contributed by atoms with van der Waals surface area (Å²) < 4.78 is 5.07. The molecule has 0 amide bonds. The zero-order valence-electron chi connectivity index (χ0n) is 15.7. The van der Waals surface area contributed by atoms with Gasteiger partial charge in [-0.25, -0.2) is 4.98 Å². The molecule has 0 bridgehead atoms. The van der Waals surface area contributed by atoms with Crippen molar-refractivity contribution in [3.63, 3.8) is 0 Å². The Morgan fingerprint density at radius 3 is 2.63 bits per heavy atom. The van der Waals surface area contributed by atoms with Gasteiger partial charge in [0.05, 0.1) is 22.7 Å². The highest BCUT2D eigenvalue weighted by atomic mass is 35.5. The number of aromatic amines is 2. The molecule has 152 valence electrons. The topological polar surface area (TPSA) is 87.8 Å². The fourth-order valence-corrected chi connectivity index (χ4v) is 4.51. The number of rotatable bonds is 5. The van der Waals surface area contributed by atoms with Gasteiger partial charge in [0, 0.05) is 39.7 Å². The average molecular weight is 460 g/mol. The van der Waals surface area contributed by atoms with E-state index in [9.17, 15) is 9.59 Å². The molecule has 0 spiro atoms. The van der Waals surface area contributed by atoms with E-state index >= 15 is 0 Å². The Morgan fingerprint density at radius 2 is 1.87 bits per heavy atom. The van der Waals surface area contributed by atoms with Crippen molar-refractivity contribution in [2.45, 2.75) is 16.7 Å². The molecule has 2 aromatic heterocycles. The fourth-order valence-electron chi connectivity index (χ4n) is 3.13. The maximum Gasteiger partial charge on any atom is 0.263 e. The lowest BCUT2D eigenvalue weighted by atomic mass is 10.0. The van der Waals surface area contributed by atoms with Crippen LogP contribution in [0.1, 0.15) is 5.69 Å². The number of ether oxygens (including phenoxy) is 1. The summed E-state index contributed by atoms with van der Waals surface area (Å²) in [5, 5.41) is 2.05. The minimum absolute atomic E-state index is 0.182. The first-order valence-electron chi connectivity index (χ1n) is 8.83. The second-order valence-electron chi connectivity index (χ2n) is 6.40. The SMILES string of the molecule is COCc1cc(=O)[nH]c(Sc2c(-c3ccccc3Cl)c3ccc(Cl)cc3[nH]c2=O)n1. The lowest BCUT2D eigenvalue weighted by Gasteiger charge is -2.14. The highest BCUT2D eigenvalue weighted by molar-refractivity contribution is 7.99. The summed E-state index contributed by atoms with van der Waals surface area (Å²) >= 11 is 13.7. The molecule has 2 heterocycles. The number of nitrogens with one attached hydrogen (secondary N) is 2. The van der Waals surface area contributed by atoms with E-state index in [0.717, 1.165) is 17.1 Å². The first-order chi connectivity index (χ1) is 14.5. The first kappa shape index (κ1) is 20.7. The third kappa shape index (κ3) is 4.15. The molecule has 0 aliphatic rings. The van der Waals surface area contributed by atoms with Gasteiger partial charge in [-0.05, 0) is 30.0 Å². The van der Waals surface area contributed by atoms with Crippen molar-refractivity contribution in [3.05, 3.63) is 85.0 Å². The van der Waals surface area contributed by atoms with Crippen LogP contribution in [0.4, 0.5) is 0 Å². The van der Waals surface area contributed by atoms with Crippen molar-refractivity contribution in [1.82, 2.24) is 15.0 Å². The van der Waals surface area contributed by atoms with Gasteiger partial charge >= 0.3 is 0 Å². The van der Waals surface area contributed by atoms with Crippen molar-refractivity contribution < 1.29 is 4.74 Å². The number of aromatic nitrogens is 3. The predicted octanol–water partition coefficient (Wildman–Crippen LogP) is 4.88. The molecular formula is C21H15Cl2N3O3S. The van der Waals surface area contributed by atoms with Crippen molar-refractivity contribution >= 4 is 45.9 Å². The van der Waals surface area contributed by atoms with Gasteiger partial charge in [-0.2, -0.15) is 0 Å². The lowest BCUT2D eigenvalue weighted by Crippen LogP contribution is -2.14. The van der Waals surface area contributed by atoms with Gasteiger partial charge in [-0.1, -0.05) is 47.5 Å². The average Bonchev–Trinajstić information content (AvgIpc) is 2.69. The normalized spacial score (nSPS) is 11.2. The Hall–Kier alpha value is -2.58. The smallest absolute Gasteiger partial charge is 0.263 e. The van der Waals surface area contributed by atoms with Crippen LogP contribution in [0.5, 0.6) is 0 Å². The van der Waals surface area contributed by atoms with Gasteiger partial charge in [-0.15, -0.1) is 0 Å². The summed E-state index contributed by atoms with van der Waals surface area (Å²) in [6.45, 7) is 0.182. The van der Waals surface area contributed by atoms with Gasteiger partial charge in [0.25, 0.3) is 11.1 Å². The summed E-state index contributed by atoms with van der Waals surface area (Å²) in [7, 11) is 1.52. The molecule has 30 heavy (non-hydrogen) atoms. The molecule has 0 unspecified atom stereocenters. The van der Waals surface area contributed by atoms with Crippen LogP contribution in [-0.4, -0.2) is 22.1 Å². The quantitative estimate of drug-likeness (QED) is 0.415. The maximum atomic E-state index is 13.0. The Morgan fingerprint density at radius 1 is 1.07 bits per heavy atom. The monoisotopic (exact) mass is 459 g/mol. The third-order valence-corrected chi connectivity index (χ3v) is 5.88. The predicted molar refractivity (Wildman–Crippen MR) is 120 cm³/mol. The molecule has 9 heteroatoms. The Balaban J connectivity index is 1.98. The number of hydrogen-bond acceptors (Lipinski definition) is 5. The maximum absolute atomic E-state index is 13.0. The molecule has 0 aliphatic heterocycles. The van der Waals surface area contributed by atoms with Crippen LogP contribution in [0, 0.1) is 0 Å². The number of hydrogen-bond donors (Lipinski definition) is 2. The van der Waals surface area contributed by atoms with Crippen LogP contribution < -0.4 is 11.1 Å². The highest BCUT2D eigenvalue weighted by Gasteiger charge is 2.19. The summed E-state index contributed by atoms with van der Waals surface area (Å²) in [5.41, 5.74) is 1.71. The molecule has 2 N–H and O–H groups in total. The van der Waals surface area contributed by atoms with E-state index < -0.39 is 0 Å². The molecule has 0 radical (unpaired) electrons. The van der Waals surface area contributed by atoms with E-state index in [2.05, 4.69) is 15.0 Å². The van der Waals surface area contributed by atoms with Gasteiger partial charge in [0.15, 0.2) is 5.16 Å². The molecule has 4 rings (SSSR count). The van der Waals surface area contributed by atoms with Crippen LogP contribution in [-0.2, 0) is 11.3 Å². The standard InChI is InChI=1S/C21H15Cl2N3O3S/c1-29-10-12-9-17(27)26-21(24-12)30-19-18(13-4-2-3-5-15(13)23)14-7-6-11(22)8-16(14)25-20(19)28/h2-9H,10H2,1H3,(H,25,28)(H,24,26,27). The van der Waals surface area contributed by atoms with Crippen LogP contribution in [0.2, 0.25) is 10.0 Å². The lowest BCUT2D eigenvalue weighted by molar-refractivity contribution is 0.180. The second-order valence-corrected chi connectivity index (χ2v) is 8.25. The zero-order chi connectivity index (χ0) is 21.3. The number of nitrogens with zero attached hydrogens (tertiary/aromatic N) is 1. The summed E-state index contributed by atoms with van der Waals surface area (Å²) in [6, 6.07) is 13.9. The molecule has 0 saturated heterocycles. The van der Waals surface area contributed by atoms with E-state index in [1.165, 1.54) is 13.2 Å². The summed E-state index contributed by atoms with van der Waals surface area (Å²) in [5.74, 6) is 0. The molecule has 2 aromatic carbocycles. The number of halogens is 2. The van der Waals surface area contributed by atoms with E-state index in [0.29, 0.717) is 37.3 Å². The number of benzene rings is 2. The molecule has 0 saturated carbocycles. The number of H-pyrrole nitrogens is 2. The van der Waals surface area contributed by atoms with Crippen LogP contribution in [0.25, 0.3) is 22.0 Å². The summed E-state index contributed by atoms with van der Waals surface area (Å²) in [6.07, 6.45) is 0. The minimum Gasteiger partial charge on any atom is -0.378 e. The molecule has 0 aliphatic carbocycles. The summed E-state index contributed by atoms with van der Waals surface area (Å²) in [4.78, 5) is 35.3. The van der Waals surface area contributed by atoms with Gasteiger partial charge in [-0.3, -0.25) is 9.59 Å². The Labute approximate surface area is 185 Å². The number of methoxy groups -OCH3 is 1. The molecule has 6 nitrogen and oxygen atoms in total. The highest BCUT2D eigenvalue weighted by Crippen LogP contribution is 2.40. The van der Waals surface area contributed by atoms with Crippen LogP contribution in [0.15, 0.2) is 68.2 Å². The molecular weight excluding hydrogens is 445 g/mol. The Kier molecular flexibility index (Phi) is 5.97. The van der Waals surface area contributed by atoms with Crippen molar-refractivity contribution in [1.29, 1.82) is 0 Å². The van der Waals surface area contributed by atoms with E-state index in [-0.39, 0.29) is 22.9 Å².